The van der Waals surface area contributed by atoms with E-state index in [9.17, 15) is 0 Å². The van der Waals surface area contributed by atoms with E-state index in [0.29, 0.717) is 0 Å². The van der Waals surface area contributed by atoms with E-state index < -0.39 is 0 Å². The minimum Gasteiger partial charge on any atom is -1.00 e. The van der Waals surface area contributed by atoms with Crippen LogP contribution in [-0.2, 0) is 13.6 Å². The van der Waals surface area contributed by atoms with Crippen molar-refractivity contribution in [3.05, 3.63) is 70.2 Å². The first-order valence-corrected chi connectivity index (χ1v) is 10.1. The SMILES string of the molecule is CCN(Cc1ccccc1)c1ccc(/N=N/c2sc(C)c(C)[n+]2C)c(C)c1.[Br-]. The lowest BCUT2D eigenvalue weighted by atomic mass is 10.1. The fourth-order valence-electron chi connectivity index (χ4n) is 2.98. The molecule has 0 radical (unpaired) electrons. The van der Waals surface area contributed by atoms with E-state index in [1.165, 1.54) is 21.8 Å². The zero-order chi connectivity index (χ0) is 19.4. The van der Waals surface area contributed by atoms with Crippen LogP contribution in [0.1, 0.15) is 28.6 Å². The summed E-state index contributed by atoms with van der Waals surface area (Å²) in [7, 11) is 2.03. The van der Waals surface area contributed by atoms with Gasteiger partial charge in [0.05, 0.1) is 17.0 Å². The first-order chi connectivity index (χ1) is 13.0. The monoisotopic (exact) mass is 458 g/mol. The molecule has 3 rings (SSSR count). The Morgan fingerprint density at radius 3 is 2.29 bits per heavy atom. The van der Waals surface area contributed by atoms with Gasteiger partial charge >= 0.3 is 5.13 Å². The van der Waals surface area contributed by atoms with Gasteiger partial charge in [0.25, 0.3) is 0 Å². The summed E-state index contributed by atoms with van der Waals surface area (Å²) in [6.07, 6.45) is 0. The minimum absolute atomic E-state index is 0. The number of thiazole rings is 1. The first kappa shape index (κ1) is 22.2. The van der Waals surface area contributed by atoms with E-state index in [4.69, 9.17) is 0 Å². The molecule has 0 spiro atoms. The van der Waals surface area contributed by atoms with Crippen LogP contribution >= 0.6 is 11.3 Å². The number of halogens is 1. The lowest BCUT2D eigenvalue weighted by molar-refractivity contribution is -0.660. The Morgan fingerprint density at radius 2 is 1.71 bits per heavy atom. The summed E-state index contributed by atoms with van der Waals surface area (Å²) in [6.45, 7) is 10.4. The third-order valence-corrected chi connectivity index (χ3v) is 6.07. The second-order valence-corrected chi connectivity index (χ2v) is 7.94. The number of nitrogens with zero attached hydrogens (tertiary/aromatic N) is 4. The number of hydrogen-bond donors (Lipinski definition) is 0. The molecule has 0 bridgehead atoms. The zero-order valence-electron chi connectivity index (χ0n) is 17.1. The molecule has 6 heteroatoms. The highest BCUT2D eigenvalue weighted by molar-refractivity contribution is 7.14. The van der Waals surface area contributed by atoms with Gasteiger partial charge in [-0.1, -0.05) is 30.3 Å². The summed E-state index contributed by atoms with van der Waals surface area (Å²) >= 11 is 1.67. The van der Waals surface area contributed by atoms with Crippen molar-refractivity contribution in [3.63, 3.8) is 0 Å². The summed E-state index contributed by atoms with van der Waals surface area (Å²) in [5, 5.41) is 9.90. The molecule has 4 nitrogen and oxygen atoms in total. The summed E-state index contributed by atoms with van der Waals surface area (Å²) in [5.41, 5.74) is 5.82. The summed E-state index contributed by atoms with van der Waals surface area (Å²) in [6, 6.07) is 17.0. The van der Waals surface area contributed by atoms with Gasteiger partial charge in [-0.2, -0.15) is 0 Å². The fraction of sp³-hybridized carbons (Fsp3) is 0.318. The average Bonchev–Trinajstić information content (AvgIpc) is 2.92. The molecule has 2 aromatic carbocycles. The normalized spacial score (nSPS) is 10.9. The van der Waals surface area contributed by atoms with Crippen molar-refractivity contribution in [2.24, 2.45) is 17.3 Å². The van der Waals surface area contributed by atoms with Gasteiger partial charge in [0.15, 0.2) is 0 Å². The van der Waals surface area contributed by atoms with Gasteiger partial charge < -0.3 is 21.9 Å². The van der Waals surface area contributed by atoms with Crippen LogP contribution in [0.3, 0.4) is 0 Å². The van der Waals surface area contributed by atoms with Crippen LogP contribution in [0.2, 0.25) is 0 Å². The molecular weight excluding hydrogens is 432 g/mol. The first-order valence-electron chi connectivity index (χ1n) is 9.27. The van der Waals surface area contributed by atoms with Crippen LogP contribution in [0.5, 0.6) is 0 Å². The second kappa shape index (κ2) is 9.94. The molecule has 0 fully saturated rings. The van der Waals surface area contributed by atoms with Gasteiger partial charge in [-0.25, -0.2) is 4.57 Å². The lowest BCUT2D eigenvalue weighted by Crippen LogP contribution is -3.00. The van der Waals surface area contributed by atoms with Crippen molar-refractivity contribution in [2.45, 2.75) is 34.2 Å². The highest BCUT2D eigenvalue weighted by atomic mass is 79.9. The molecule has 0 N–H and O–H groups in total. The maximum atomic E-state index is 4.50. The number of azo groups is 1. The zero-order valence-corrected chi connectivity index (χ0v) is 19.5. The van der Waals surface area contributed by atoms with Crippen molar-refractivity contribution in [2.75, 3.05) is 11.4 Å². The highest BCUT2D eigenvalue weighted by Gasteiger charge is 2.16. The van der Waals surface area contributed by atoms with Crippen LogP contribution in [0, 0.1) is 20.8 Å². The van der Waals surface area contributed by atoms with Gasteiger partial charge in [-0.15, -0.1) is 0 Å². The second-order valence-electron chi connectivity index (χ2n) is 6.76. The van der Waals surface area contributed by atoms with Gasteiger partial charge in [0, 0.05) is 18.8 Å². The summed E-state index contributed by atoms with van der Waals surface area (Å²) < 4.78 is 2.09. The number of aromatic nitrogens is 1. The predicted octanol–water partition coefficient (Wildman–Crippen LogP) is 2.94. The molecule has 148 valence electrons. The Balaban J connectivity index is 0.00000280. The third kappa shape index (κ3) is 5.06. The van der Waals surface area contributed by atoms with Gasteiger partial charge in [-0.3, -0.25) is 0 Å². The van der Waals surface area contributed by atoms with E-state index >= 15 is 0 Å². The van der Waals surface area contributed by atoms with Crippen molar-refractivity contribution in [1.82, 2.24) is 0 Å². The molecule has 28 heavy (non-hydrogen) atoms. The topological polar surface area (TPSA) is 31.8 Å². The van der Waals surface area contributed by atoms with Crippen molar-refractivity contribution in [3.8, 4) is 0 Å². The Labute approximate surface area is 182 Å². The molecule has 3 aromatic rings. The number of hydrogen-bond acceptors (Lipinski definition) is 4. The fourth-order valence-corrected chi connectivity index (χ4v) is 3.90. The van der Waals surface area contributed by atoms with Crippen LogP contribution in [0.15, 0.2) is 58.8 Å². The molecule has 0 atom stereocenters. The highest BCUT2D eigenvalue weighted by Crippen LogP contribution is 2.28. The Kier molecular flexibility index (Phi) is 7.89. The van der Waals surface area contributed by atoms with Gasteiger partial charge in [0.1, 0.15) is 11.4 Å². The number of aryl methyl sites for hydroxylation is 2. The minimum atomic E-state index is 0. The molecule has 0 saturated heterocycles. The van der Waals surface area contributed by atoms with E-state index in [0.717, 1.165) is 29.5 Å². The molecule has 0 unspecified atom stereocenters. The van der Waals surface area contributed by atoms with Crippen LogP contribution in [0.4, 0.5) is 16.5 Å². The molecule has 0 aliphatic carbocycles. The molecule has 0 saturated carbocycles. The number of anilines is 1. The molecule has 0 aliphatic rings. The number of benzene rings is 2. The van der Waals surface area contributed by atoms with Gasteiger partial charge in [0.2, 0.25) is 0 Å². The molecule has 0 aliphatic heterocycles. The standard InChI is InChI=1S/C22H27N4S.BrH/c1-6-26(15-19-10-8-7-9-11-19)20-12-13-21(16(2)14-20)23-24-22-25(5)17(3)18(4)27-22;/h7-14H,6,15H2,1-5H3;1H/q+1;/p-1. The van der Waals surface area contributed by atoms with E-state index in [2.05, 4.69) is 95.9 Å². The maximum Gasteiger partial charge on any atom is 0.408 e. The molecule has 0 amide bonds. The smallest absolute Gasteiger partial charge is 0.408 e. The Morgan fingerprint density at radius 1 is 1.00 bits per heavy atom. The Bertz CT molecular complexity index is 951. The van der Waals surface area contributed by atoms with Crippen molar-refractivity contribution < 1.29 is 21.5 Å². The third-order valence-electron chi connectivity index (χ3n) is 4.93. The molecule has 1 aromatic heterocycles. The van der Waals surface area contributed by atoms with E-state index in [1.807, 2.05) is 7.05 Å². The van der Waals surface area contributed by atoms with E-state index in [1.54, 1.807) is 11.3 Å². The van der Waals surface area contributed by atoms with E-state index in [-0.39, 0.29) is 17.0 Å². The average molecular weight is 459 g/mol. The Hall–Kier alpha value is -2.05. The quantitative estimate of drug-likeness (QED) is 0.412. The van der Waals surface area contributed by atoms with Crippen LogP contribution in [-0.4, -0.2) is 6.54 Å². The molecule has 1 heterocycles. The summed E-state index contributed by atoms with van der Waals surface area (Å²) in [4.78, 5) is 3.65. The van der Waals surface area contributed by atoms with Crippen molar-refractivity contribution >= 4 is 27.8 Å². The largest absolute Gasteiger partial charge is 1.00 e. The maximum absolute atomic E-state index is 4.50. The summed E-state index contributed by atoms with van der Waals surface area (Å²) in [5.74, 6) is 0. The molecular formula is C22H27BrN4S. The number of rotatable bonds is 6. The van der Waals surface area contributed by atoms with Gasteiger partial charge in [-0.05, 0) is 73.5 Å². The lowest BCUT2D eigenvalue weighted by Gasteiger charge is -2.23. The van der Waals surface area contributed by atoms with Crippen molar-refractivity contribution in [1.29, 1.82) is 0 Å². The predicted molar refractivity (Wildman–Crippen MR) is 113 cm³/mol. The van der Waals surface area contributed by atoms with Crippen LogP contribution in [0.25, 0.3) is 0 Å². The van der Waals surface area contributed by atoms with Crippen LogP contribution < -0.4 is 26.4 Å².